The molecule has 2 rings (SSSR count). The summed E-state index contributed by atoms with van der Waals surface area (Å²) in [4.78, 5) is 25.2. The first-order valence-electron chi connectivity index (χ1n) is 7.69. The van der Waals surface area contributed by atoms with E-state index < -0.39 is 12.5 Å². The number of rotatable bonds is 4. The molecule has 1 aliphatic rings. The number of nitrogens with one attached hydrogen (secondary N) is 1. The number of alkyl halides is 2. The van der Waals surface area contributed by atoms with Crippen molar-refractivity contribution in [3.63, 3.8) is 0 Å². The Kier molecular flexibility index (Phi) is 5.58. The normalized spacial score (nSPS) is 17.7. The topological polar surface area (TPSA) is 84.7 Å². The summed E-state index contributed by atoms with van der Waals surface area (Å²) in [5.41, 5.74) is 6.92. The number of carbonyl (C=O) groups is 2. The van der Waals surface area contributed by atoms with Crippen molar-refractivity contribution in [1.29, 1.82) is 0 Å². The molecule has 0 radical (unpaired) electrons. The number of urea groups is 1. The number of piperidine rings is 1. The molecule has 1 aromatic rings. The Morgan fingerprint density at radius 1 is 1.33 bits per heavy atom. The minimum absolute atomic E-state index is 0.0762. The first kappa shape index (κ1) is 18.0. The molecule has 3 N–H and O–H groups in total. The molecule has 0 spiro atoms. The molecule has 1 saturated heterocycles. The molecule has 0 saturated carbocycles. The summed E-state index contributed by atoms with van der Waals surface area (Å²) in [7, 11) is 0. The molecule has 1 heterocycles. The SMILES string of the molecule is Cc1cc(OC(F)F)c(C)cc1NC(=O)N1CCC[C@H](C(N)=O)C1. The van der Waals surface area contributed by atoms with Crippen LogP contribution >= 0.6 is 0 Å². The van der Waals surface area contributed by atoms with Crippen LogP contribution in [-0.2, 0) is 4.79 Å². The average Bonchev–Trinajstić information content (AvgIpc) is 2.51. The van der Waals surface area contributed by atoms with Gasteiger partial charge in [-0.25, -0.2) is 4.79 Å². The molecular weight excluding hydrogens is 320 g/mol. The minimum atomic E-state index is -2.90. The molecule has 8 heteroatoms. The van der Waals surface area contributed by atoms with Gasteiger partial charge in [0.1, 0.15) is 5.75 Å². The van der Waals surface area contributed by atoms with Crippen molar-refractivity contribution in [2.45, 2.75) is 33.3 Å². The Labute approximate surface area is 138 Å². The van der Waals surface area contributed by atoms with E-state index >= 15 is 0 Å². The molecule has 3 amide bonds. The number of carbonyl (C=O) groups excluding carboxylic acids is 2. The predicted molar refractivity (Wildman–Crippen MR) is 85.1 cm³/mol. The zero-order valence-electron chi connectivity index (χ0n) is 13.6. The fourth-order valence-electron chi connectivity index (χ4n) is 2.74. The van der Waals surface area contributed by atoms with Gasteiger partial charge in [-0.2, -0.15) is 8.78 Å². The van der Waals surface area contributed by atoms with Crippen molar-refractivity contribution in [3.8, 4) is 5.75 Å². The van der Waals surface area contributed by atoms with Gasteiger partial charge in [-0.1, -0.05) is 0 Å². The Bertz CT molecular complexity index is 637. The van der Waals surface area contributed by atoms with Crippen molar-refractivity contribution in [2.75, 3.05) is 18.4 Å². The summed E-state index contributed by atoms with van der Waals surface area (Å²) in [6, 6.07) is 2.70. The molecule has 1 fully saturated rings. The molecule has 0 unspecified atom stereocenters. The van der Waals surface area contributed by atoms with Gasteiger partial charge in [0.2, 0.25) is 5.91 Å². The number of amides is 3. The number of primary amides is 1. The number of nitrogens with two attached hydrogens (primary N) is 1. The second-order valence-corrected chi connectivity index (χ2v) is 5.93. The van der Waals surface area contributed by atoms with E-state index in [2.05, 4.69) is 10.1 Å². The largest absolute Gasteiger partial charge is 0.435 e. The lowest BCUT2D eigenvalue weighted by Crippen LogP contribution is -2.45. The smallest absolute Gasteiger partial charge is 0.387 e. The van der Waals surface area contributed by atoms with Crippen LogP contribution in [0.15, 0.2) is 12.1 Å². The van der Waals surface area contributed by atoms with E-state index in [1.54, 1.807) is 19.9 Å². The van der Waals surface area contributed by atoms with Crippen LogP contribution in [0.1, 0.15) is 24.0 Å². The van der Waals surface area contributed by atoms with Gasteiger partial charge in [-0.3, -0.25) is 4.79 Å². The summed E-state index contributed by atoms with van der Waals surface area (Å²) in [5.74, 6) is -0.672. The van der Waals surface area contributed by atoms with Crippen LogP contribution in [0.2, 0.25) is 0 Å². The van der Waals surface area contributed by atoms with Crippen molar-refractivity contribution < 1.29 is 23.1 Å². The number of ether oxygens (including phenoxy) is 1. The van der Waals surface area contributed by atoms with Crippen LogP contribution in [0.5, 0.6) is 5.75 Å². The fraction of sp³-hybridized carbons (Fsp3) is 0.500. The number of hydrogen-bond donors (Lipinski definition) is 2. The highest BCUT2D eigenvalue weighted by Crippen LogP contribution is 2.28. The lowest BCUT2D eigenvalue weighted by molar-refractivity contribution is -0.123. The number of halogens is 2. The second-order valence-electron chi connectivity index (χ2n) is 5.93. The van der Waals surface area contributed by atoms with E-state index in [1.807, 2.05) is 0 Å². The minimum Gasteiger partial charge on any atom is -0.435 e. The molecule has 6 nitrogen and oxygen atoms in total. The van der Waals surface area contributed by atoms with Gasteiger partial charge in [0.05, 0.1) is 5.92 Å². The van der Waals surface area contributed by atoms with E-state index in [9.17, 15) is 18.4 Å². The third-order valence-electron chi connectivity index (χ3n) is 4.09. The van der Waals surface area contributed by atoms with Crippen molar-refractivity contribution in [1.82, 2.24) is 4.90 Å². The quantitative estimate of drug-likeness (QED) is 0.883. The average molecular weight is 341 g/mol. The standard InChI is InChI=1S/C16H21F2N3O3/c1-9-7-13(24-15(17)18)10(2)6-12(9)20-16(23)21-5-3-4-11(8-21)14(19)22/h6-7,11,15H,3-5,8H2,1-2H3,(H2,19,22)(H,20,23)/t11-/m0/s1. The zero-order valence-corrected chi connectivity index (χ0v) is 13.6. The fourth-order valence-corrected chi connectivity index (χ4v) is 2.74. The first-order chi connectivity index (χ1) is 11.3. The lowest BCUT2D eigenvalue weighted by atomic mass is 9.98. The Morgan fingerprint density at radius 2 is 2.04 bits per heavy atom. The number of nitrogens with zero attached hydrogens (tertiary/aromatic N) is 1. The molecule has 132 valence electrons. The molecule has 1 atom stereocenters. The maximum absolute atomic E-state index is 12.4. The maximum Gasteiger partial charge on any atom is 0.387 e. The Hall–Kier alpha value is -2.38. The molecule has 0 bridgehead atoms. The van der Waals surface area contributed by atoms with E-state index in [4.69, 9.17) is 5.73 Å². The number of anilines is 1. The molecule has 0 aromatic heterocycles. The Morgan fingerprint density at radius 3 is 2.67 bits per heavy atom. The summed E-state index contributed by atoms with van der Waals surface area (Å²) >= 11 is 0. The number of hydrogen-bond acceptors (Lipinski definition) is 3. The van der Waals surface area contributed by atoms with Gasteiger partial charge >= 0.3 is 12.6 Å². The van der Waals surface area contributed by atoms with Crippen LogP contribution in [0.4, 0.5) is 19.3 Å². The van der Waals surface area contributed by atoms with Crippen LogP contribution < -0.4 is 15.8 Å². The van der Waals surface area contributed by atoms with Crippen molar-refractivity contribution in [3.05, 3.63) is 23.3 Å². The maximum atomic E-state index is 12.4. The van der Waals surface area contributed by atoms with Crippen LogP contribution in [0.25, 0.3) is 0 Å². The number of benzene rings is 1. The van der Waals surface area contributed by atoms with Crippen LogP contribution in [-0.4, -0.2) is 36.5 Å². The summed E-state index contributed by atoms with van der Waals surface area (Å²) in [6.45, 7) is 1.24. The molecule has 24 heavy (non-hydrogen) atoms. The molecule has 0 aliphatic carbocycles. The third-order valence-corrected chi connectivity index (χ3v) is 4.09. The highest BCUT2D eigenvalue weighted by molar-refractivity contribution is 5.91. The van der Waals surface area contributed by atoms with Gasteiger partial charge in [0, 0.05) is 18.8 Å². The van der Waals surface area contributed by atoms with Crippen molar-refractivity contribution in [2.24, 2.45) is 11.7 Å². The molecule has 1 aliphatic heterocycles. The van der Waals surface area contributed by atoms with Gasteiger partial charge < -0.3 is 20.7 Å². The first-order valence-corrected chi connectivity index (χ1v) is 7.69. The Balaban J connectivity index is 2.08. The monoisotopic (exact) mass is 341 g/mol. The zero-order chi connectivity index (χ0) is 17.9. The van der Waals surface area contributed by atoms with Gasteiger partial charge in [-0.05, 0) is 49.9 Å². The summed E-state index contributed by atoms with van der Waals surface area (Å²) in [5, 5.41) is 2.75. The van der Waals surface area contributed by atoms with E-state index in [-0.39, 0.29) is 24.2 Å². The van der Waals surface area contributed by atoms with Crippen LogP contribution in [0.3, 0.4) is 0 Å². The number of aryl methyl sites for hydroxylation is 2. The third kappa shape index (κ3) is 4.33. The van der Waals surface area contributed by atoms with E-state index in [0.717, 1.165) is 0 Å². The highest BCUT2D eigenvalue weighted by atomic mass is 19.3. The highest BCUT2D eigenvalue weighted by Gasteiger charge is 2.27. The summed E-state index contributed by atoms with van der Waals surface area (Å²) in [6.07, 6.45) is 1.39. The second kappa shape index (κ2) is 7.46. The van der Waals surface area contributed by atoms with Crippen LogP contribution in [0, 0.1) is 19.8 Å². The molecule has 1 aromatic carbocycles. The van der Waals surface area contributed by atoms with Gasteiger partial charge in [0.15, 0.2) is 0 Å². The number of likely N-dealkylation sites (tertiary alicyclic amines) is 1. The van der Waals surface area contributed by atoms with Gasteiger partial charge in [-0.15, -0.1) is 0 Å². The predicted octanol–water partition coefficient (Wildman–Crippen LogP) is 2.63. The van der Waals surface area contributed by atoms with Crippen molar-refractivity contribution >= 4 is 17.6 Å². The van der Waals surface area contributed by atoms with E-state index in [1.165, 1.54) is 11.0 Å². The molecular formula is C16H21F2N3O3. The lowest BCUT2D eigenvalue weighted by Gasteiger charge is -2.31. The van der Waals surface area contributed by atoms with Gasteiger partial charge in [0.25, 0.3) is 0 Å². The summed E-state index contributed by atoms with van der Waals surface area (Å²) < 4.78 is 29.1. The van der Waals surface area contributed by atoms with E-state index in [0.29, 0.717) is 36.2 Å².